The van der Waals surface area contributed by atoms with Gasteiger partial charge in [0.05, 0.1) is 17.1 Å². The zero-order valence-electron chi connectivity index (χ0n) is 9.86. The third kappa shape index (κ3) is 1.26. The molecule has 0 aliphatic heterocycles. The number of aromatic nitrogens is 1. The van der Waals surface area contributed by atoms with E-state index >= 15 is 0 Å². The van der Waals surface area contributed by atoms with Gasteiger partial charge in [-0.3, -0.25) is 0 Å². The van der Waals surface area contributed by atoms with Crippen molar-refractivity contribution in [2.45, 2.75) is 6.92 Å². The van der Waals surface area contributed by atoms with E-state index in [1.165, 1.54) is 11.1 Å². The van der Waals surface area contributed by atoms with Gasteiger partial charge in [0.2, 0.25) is 0 Å². The van der Waals surface area contributed by atoms with Gasteiger partial charge in [0.1, 0.15) is 0 Å². The van der Waals surface area contributed by atoms with Gasteiger partial charge in [-0.25, -0.2) is 0 Å². The first-order valence-electron chi connectivity index (χ1n) is 5.60. The molecule has 0 N–H and O–H groups in total. The van der Waals surface area contributed by atoms with E-state index in [1.807, 2.05) is 19.2 Å². The van der Waals surface area contributed by atoms with Crippen LogP contribution in [0.4, 0.5) is 0 Å². The van der Waals surface area contributed by atoms with Crippen LogP contribution in [0.2, 0.25) is 0 Å². The molecule has 0 aliphatic rings. The highest BCUT2D eigenvalue weighted by Gasteiger charge is 2.11. The molecule has 0 bridgehead atoms. The molecule has 2 heteroatoms. The van der Waals surface area contributed by atoms with Crippen LogP contribution in [0.25, 0.3) is 21.8 Å². The molecule has 0 aliphatic carbocycles. The topological polar surface area (TPSA) is 28.7 Å². The Kier molecular flexibility index (Phi) is 1.96. The Hall–Kier alpha value is -2.27. The average molecular weight is 220 g/mol. The number of aryl methyl sites for hydroxylation is 2. The molecule has 0 amide bonds. The van der Waals surface area contributed by atoms with E-state index in [9.17, 15) is 5.26 Å². The molecular formula is C15H12N2. The summed E-state index contributed by atoms with van der Waals surface area (Å²) >= 11 is 0. The van der Waals surface area contributed by atoms with Gasteiger partial charge in [-0.1, -0.05) is 18.2 Å². The lowest BCUT2D eigenvalue weighted by Crippen LogP contribution is -1.86. The SMILES string of the molecule is Cc1ccc2c3c(C#N)cccc3n(C)c2c1. The minimum atomic E-state index is 0.747. The standard InChI is InChI=1S/C15H12N2/c1-10-6-7-12-14(8-10)17(2)13-5-3-4-11(9-16)15(12)13/h3-8H,1-2H3. The number of nitriles is 1. The smallest absolute Gasteiger partial charge is 0.0998 e. The van der Waals surface area contributed by atoms with Crippen LogP contribution in [0.1, 0.15) is 11.1 Å². The predicted octanol–water partition coefficient (Wildman–Crippen LogP) is 3.51. The summed E-state index contributed by atoms with van der Waals surface area (Å²) in [5.41, 5.74) is 4.28. The Morgan fingerprint density at radius 2 is 1.94 bits per heavy atom. The first-order chi connectivity index (χ1) is 8.22. The lowest BCUT2D eigenvalue weighted by molar-refractivity contribution is 1.01. The van der Waals surface area contributed by atoms with Gasteiger partial charge in [-0.05, 0) is 30.7 Å². The molecule has 0 fully saturated rings. The zero-order chi connectivity index (χ0) is 12.0. The zero-order valence-corrected chi connectivity index (χ0v) is 9.86. The maximum absolute atomic E-state index is 9.20. The van der Waals surface area contributed by atoms with E-state index in [2.05, 4.69) is 41.8 Å². The van der Waals surface area contributed by atoms with Crippen molar-refractivity contribution in [1.29, 1.82) is 5.26 Å². The number of nitrogens with zero attached hydrogens (tertiary/aromatic N) is 2. The molecule has 0 radical (unpaired) electrons. The van der Waals surface area contributed by atoms with Crippen molar-refractivity contribution in [2.75, 3.05) is 0 Å². The second-order valence-corrected chi connectivity index (χ2v) is 4.39. The summed E-state index contributed by atoms with van der Waals surface area (Å²) in [6.45, 7) is 2.09. The highest BCUT2D eigenvalue weighted by Crippen LogP contribution is 2.30. The number of hydrogen-bond acceptors (Lipinski definition) is 1. The lowest BCUT2D eigenvalue weighted by atomic mass is 10.1. The van der Waals surface area contributed by atoms with E-state index in [0.29, 0.717) is 0 Å². The Morgan fingerprint density at radius 3 is 2.71 bits per heavy atom. The fourth-order valence-electron chi connectivity index (χ4n) is 2.46. The Morgan fingerprint density at radius 1 is 1.12 bits per heavy atom. The Bertz CT molecular complexity index is 773. The van der Waals surface area contributed by atoms with Gasteiger partial charge >= 0.3 is 0 Å². The van der Waals surface area contributed by atoms with Crippen LogP contribution in [0, 0.1) is 18.3 Å². The minimum absolute atomic E-state index is 0.747. The monoisotopic (exact) mass is 220 g/mol. The highest BCUT2D eigenvalue weighted by atomic mass is 14.9. The molecule has 0 spiro atoms. The van der Waals surface area contributed by atoms with Gasteiger partial charge in [-0.15, -0.1) is 0 Å². The van der Waals surface area contributed by atoms with Crippen molar-refractivity contribution in [2.24, 2.45) is 7.05 Å². The van der Waals surface area contributed by atoms with Crippen LogP contribution in [0.3, 0.4) is 0 Å². The molecule has 3 rings (SSSR count). The second-order valence-electron chi connectivity index (χ2n) is 4.39. The molecule has 1 heterocycles. The summed E-state index contributed by atoms with van der Waals surface area (Å²) in [6, 6.07) is 14.5. The van der Waals surface area contributed by atoms with Crippen LogP contribution < -0.4 is 0 Å². The molecule has 82 valence electrons. The summed E-state index contributed by atoms with van der Waals surface area (Å²) in [6.07, 6.45) is 0. The van der Waals surface area contributed by atoms with Crippen molar-refractivity contribution >= 4 is 21.8 Å². The number of fused-ring (bicyclic) bond motifs is 3. The fraction of sp³-hybridized carbons (Fsp3) is 0.133. The normalized spacial score (nSPS) is 10.9. The van der Waals surface area contributed by atoms with Crippen molar-refractivity contribution in [3.63, 3.8) is 0 Å². The molecule has 17 heavy (non-hydrogen) atoms. The van der Waals surface area contributed by atoms with Crippen LogP contribution >= 0.6 is 0 Å². The summed E-state index contributed by atoms with van der Waals surface area (Å²) < 4.78 is 2.15. The van der Waals surface area contributed by atoms with Crippen molar-refractivity contribution in [3.05, 3.63) is 47.5 Å². The highest BCUT2D eigenvalue weighted by molar-refractivity contribution is 6.10. The third-order valence-corrected chi connectivity index (χ3v) is 3.31. The number of rotatable bonds is 0. The molecule has 2 nitrogen and oxygen atoms in total. The summed E-state index contributed by atoms with van der Waals surface area (Å²) in [7, 11) is 2.05. The van der Waals surface area contributed by atoms with Crippen LogP contribution in [-0.4, -0.2) is 4.57 Å². The van der Waals surface area contributed by atoms with Crippen molar-refractivity contribution < 1.29 is 0 Å². The maximum Gasteiger partial charge on any atom is 0.0998 e. The Labute approximate surface area is 99.7 Å². The van der Waals surface area contributed by atoms with E-state index in [-0.39, 0.29) is 0 Å². The van der Waals surface area contributed by atoms with E-state index in [1.54, 1.807) is 0 Å². The lowest BCUT2D eigenvalue weighted by Gasteiger charge is -1.98. The first-order valence-corrected chi connectivity index (χ1v) is 5.60. The molecule has 1 aromatic heterocycles. The molecule has 0 saturated heterocycles. The maximum atomic E-state index is 9.20. The number of hydrogen-bond donors (Lipinski definition) is 0. The Balaban J connectivity index is 2.65. The molecule has 0 saturated carbocycles. The van der Waals surface area contributed by atoms with Gasteiger partial charge < -0.3 is 4.57 Å². The van der Waals surface area contributed by atoms with E-state index in [0.717, 1.165) is 21.9 Å². The quantitative estimate of drug-likeness (QED) is 0.570. The molecule has 0 atom stereocenters. The van der Waals surface area contributed by atoms with Crippen molar-refractivity contribution in [3.8, 4) is 6.07 Å². The van der Waals surface area contributed by atoms with Gasteiger partial charge in [0.25, 0.3) is 0 Å². The van der Waals surface area contributed by atoms with Crippen LogP contribution in [0.5, 0.6) is 0 Å². The van der Waals surface area contributed by atoms with Gasteiger partial charge in [0, 0.05) is 23.3 Å². The van der Waals surface area contributed by atoms with Crippen LogP contribution in [-0.2, 0) is 7.05 Å². The summed E-state index contributed by atoms with van der Waals surface area (Å²) in [5, 5.41) is 11.4. The largest absolute Gasteiger partial charge is 0.344 e. The predicted molar refractivity (Wildman–Crippen MR) is 69.9 cm³/mol. The van der Waals surface area contributed by atoms with Gasteiger partial charge in [0.15, 0.2) is 0 Å². The molecular weight excluding hydrogens is 208 g/mol. The molecule has 0 unspecified atom stereocenters. The second kappa shape index (κ2) is 3.36. The fourth-order valence-corrected chi connectivity index (χ4v) is 2.46. The summed E-state index contributed by atoms with van der Waals surface area (Å²) in [5.74, 6) is 0. The van der Waals surface area contributed by atoms with Crippen molar-refractivity contribution in [1.82, 2.24) is 4.57 Å². The van der Waals surface area contributed by atoms with E-state index in [4.69, 9.17) is 0 Å². The van der Waals surface area contributed by atoms with Crippen LogP contribution in [0.15, 0.2) is 36.4 Å². The summed E-state index contributed by atoms with van der Waals surface area (Å²) in [4.78, 5) is 0. The number of benzene rings is 2. The van der Waals surface area contributed by atoms with E-state index < -0.39 is 0 Å². The average Bonchev–Trinajstić information content (AvgIpc) is 2.63. The third-order valence-electron chi connectivity index (χ3n) is 3.31. The minimum Gasteiger partial charge on any atom is -0.344 e. The molecule has 2 aromatic carbocycles. The molecule has 3 aromatic rings. The van der Waals surface area contributed by atoms with Gasteiger partial charge in [-0.2, -0.15) is 5.26 Å². The first kappa shape index (κ1) is 9.92.